The summed E-state index contributed by atoms with van der Waals surface area (Å²) in [6.07, 6.45) is 1.24. The van der Waals surface area contributed by atoms with Gasteiger partial charge in [-0.25, -0.2) is 28.7 Å². The summed E-state index contributed by atoms with van der Waals surface area (Å²) in [4.78, 5) is 16.6. The van der Waals surface area contributed by atoms with Gasteiger partial charge in [-0.05, 0) is 26.0 Å². The first-order chi connectivity index (χ1) is 9.99. The minimum atomic E-state index is -1.11. The van der Waals surface area contributed by atoms with Crippen LogP contribution in [0.1, 0.15) is 11.4 Å². The number of aryl methyl sites for hydroxylation is 2. The van der Waals surface area contributed by atoms with E-state index in [0.29, 0.717) is 16.9 Å². The second-order valence-corrected chi connectivity index (χ2v) is 4.92. The van der Waals surface area contributed by atoms with Gasteiger partial charge in [0.1, 0.15) is 17.5 Å². The first kappa shape index (κ1) is 13.8. The van der Waals surface area contributed by atoms with Gasteiger partial charge in [0.05, 0.1) is 16.4 Å². The van der Waals surface area contributed by atoms with Crippen LogP contribution in [0.25, 0.3) is 22.4 Å². The molecular formula is C14H9ClF2N4. The van der Waals surface area contributed by atoms with Crippen LogP contribution in [0.2, 0.25) is 5.02 Å². The lowest BCUT2D eigenvalue weighted by molar-refractivity contribution is 0.511. The Morgan fingerprint density at radius 2 is 1.67 bits per heavy atom. The number of hydrogen-bond donors (Lipinski definition) is 0. The average Bonchev–Trinajstić information content (AvgIpc) is 2.46. The van der Waals surface area contributed by atoms with E-state index in [2.05, 4.69) is 19.9 Å². The molecule has 0 N–H and O–H groups in total. The molecule has 3 aromatic rings. The van der Waals surface area contributed by atoms with Gasteiger partial charge in [0.25, 0.3) is 0 Å². The van der Waals surface area contributed by atoms with Crippen LogP contribution in [0.5, 0.6) is 0 Å². The lowest BCUT2D eigenvalue weighted by Gasteiger charge is -2.08. The standard InChI is InChI=1S/C14H9ClF2N4/c1-6-7(2)21-14-13(20-6)12(18-5-19-14)8-3-4-9(15)11(17)10(8)16/h3-5H,1-2H3. The van der Waals surface area contributed by atoms with Gasteiger partial charge in [0.2, 0.25) is 0 Å². The second kappa shape index (κ2) is 4.96. The van der Waals surface area contributed by atoms with Crippen LogP contribution in [-0.4, -0.2) is 19.9 Å². The Hall–Kier alpha value is -2.21. The van der Waals surface area contributed by atoms with Crippen molar-refractivity contribution in [1.29, 1.82) is 0 Å². The molecule has 7 heteroatoms. The van der Waals surface area contributed by atoms with Crippen LogP contribution in [0.3, 0.4) is 0 Å². The van der Waals surface area contributed by atoms with E-state index < -0.39 is 11.6 Å². The molecule has 21 heavy (non-hydrogen) atoms. The van der Waals surface area contributed by atoms with E-state index >= 15 is 0 Å². The van der Waals surface area contributed by atoms with Crippen LogP contribution in [0.4, 0.5) is 8.78 Å². The topological polar surface area (TPSA) is 51.6 Å². The number of halogens is 3. The van der Waals surface area contributed by atoms with Crippen LogP contribution in [0.15, 0.2) is 18.5 Å². The molecule has 0 bridgehead atoms. The lowest BCUT2D eigenvalue weighted by Crippen LogP contribution is -2.00. The predicted octanol–water partition coefficient (Wildman–Crippen LogP) is 3.64. The van der Waals surface area contributed by atoms with E-state index in [1.807, 2.05) is 0 Å². The number of nitrogens with zero attached hydrogens (tertiary/aromatic N) is 4. The fourth-order valence-corrected chi connectivity index (χ4v) is 2.09. The number of rotatable bonds is 1. The number of aromatic nitrogens is 4. The molecule has 2 aromatic heterocycles. The fraction of sp³-hybridized carbons (Fsp3) is 0.143. The third kappa shape index (κ3) is 2.21. The van der Waals surface area contributed by atoms with Crippen molar-refractivity contribution in [2.75, 3.05) is 0 Å². The van der Waals surface area contributed by atoms with Crippen LogP contribution in [-0.2, 0) is 0 Å². The highest BCUT2D eigenvalue weighted by molar-refractivity contribution is 6.30. The van der Waals surface area contributed by atoms with Crippen molar-refractivity contribution in [2.45, 2.75) is 13.8 Å². The molecule has 0 atom stereocenters. The third-order valence-corrected chi connectivity index (χ3v) is 3.46. The minimum absolute atomic E-state index is 0.0261. The van der Waals surface area contributed by atoms with Gasteiger partial charge in [-0.3, -0.25) is 0 Å². The molecule has 0 fully saturated rings. The smallest absolute Gasteiger partial charge is 0.182 e. The van der Waals surface area contributed by atoms with Gasteiger partial charge in [-0.1, -0.05) is 11.6 Å². The normalized spacial score (nSPS) is 11.1. The molecule has 0 aliphatic rings. The van der Waals surface area contributed by atoms with Crippen molar-refractivity contribution < 1.29 is 8.78 Å². The van der Waals surface area contributed by atoms with E-state index in [-0.39, 0.29) is 16.3 Å². The minimum Gasteiger partial charge on any atom is -0.246 e. The Morgan fingerprint density at radius 3 is 2.43 bits per heavy atom. The number of benzene rings is 1. The predicted molar refractivity (Wildman–Crippen MR) is 75.0 cm³/mol. The number of hydrogen-bond acceptors (Lipinski definition) is 4. The first-order valence-electron chi connectivity index (χ1n) is 6.09. The van der Waals surface area contributed by atoms with Crippen molar-refractivity contribution in [2.24, 2.45) is 0 Å². The zero-order chi connectivity index (χ0) is 15.1. The molecule has 0 radical (unpaired) electrons. The Bertz CT molecular complexity index is 867. The van der Waals surface area contributed by atoms with Crippen LogP contribution in [0, 0.1) is 25.5 Å². The zero-order valence-corrected chi connectivity index (χ0v) is 11.9. The van der Waals surface area contributed by atoms with Crippen molar-refractivity contribution in [3.8, 4) is 11.3 Å². The van der Waals surface area contributed by atoms with E-state index in [4.69, 9.17) is 11.6 Å². The number of fused-ring (bicyclic) bond motifs is 1. The lowest BCUT2D eigenvalue weighted by atomic mass is 10.1. The molecule has 0 spiro atoms. The molecule has 0 amide bonds. The largest absolute Gasteiger partial charge is 0.246 e. The summed E-state index contributed by atoms with van der Waals surface area (Å²) in [6.45, 7) is 3.57. The maximum Gasteiger partial charge on any atom is 0.182 e. The van der Waals surface area contributed by atoms with E-state index in [1.165, 1.54) is 18.5 Å². The van der Waals surface area contributed by atoms with Gasteiger partial charge >= 0.3 is 0 Å². The molecule has 4 nitrogen and oxygen atoms in total. The Balaban J connectivity index is 2.36. The molecule has 0 aliphatic heterocycles. The van der Waals surface area contributed by atoms with Gasteiger partial charge in [-0.2, -0.15) is 0 Å². The van der Waals surface area contributed by atoms with Crippen molar-refractivity contribution in [1.82, 2.24) is 19.9 Å². The summed E-state index contributed by atoms with van der Waals surface area (Å²) in [6, 6.07) is 2.64. The molecule has 106 valence electrons. The molecule has 0 unspecified atom stereocenters. The Morgan fingerprint density at radius 1 is 0.952 bits per heavy atom. The van der Waals surface area contributed by atoms with Gasteiger partial charge in [-0.15, -0.1) is 0 Å². The summed E-state index contributed by atoms with van der Waals surface area (Å²) in [5, 5.41) is -0.285. The molecule has 1 aromatic carbocycles. The molecule has 0 saturated carbocycles. The van der Waals surface area contributed by atoms with Crippen molar-refractivity contribution in [3.05, 3.63) is 46.5 Å². The van der Waals surface area contributed by atoms with Crippen LogP contribution >= 0.6 is 11.6 Å². The highest BCUT2D eigenvalue weighted by Gasteiger charge is 2.18. The summed E-state index contributed by atoms with van der Waals surface area (Å²) in [7, 11) is 0. The van der Waals surface area contributed by atoms with Gasteiger partial charge < -0.3 is 0 Å². The maximum absolute atomic E-state index is 14.1. The Kier molecular flexibility index (Phi) is 3.25. The van der Waals surface area contributed by atoms with E-state index in [0.717, 1.165) is 5.69 Å². The molecule has 2 heterocycles. The summed E-state index contributed by atoms with van der Waals surface area (Å²) in [5.74, 6) is -2.18. The summed E-state index contributed by atoms with van der Waals surface area (Å²) < 4.78 is 27.7. The monoisotopic (exact) mass is 306 g/mol. The van der Waals surface area contributed by atoms with Gasteiger partial charge in [0.15, 0.2) is 17.3 Å². The van der Waals surface area contributed by atoms with Crippen LogP contribution < -0.4 is 0 Å². The third-order valence-electron chi connectivity index (χ3n) is 3.17. The summed E-state index contributed by atoms with van der Waals surface area (Å²) in [5.41, 5.74) is 2.20. The highest BCUT2D eigenvalue weighted by Crippen LogP contribution is 2.30. The summed E-state index contributed by atoms with van der Waals surface area (Å²) >= 11 is 5.56. The first-order valence-corrected chi connectivity index (χ1v) is 6.46. The zero-order valence-electron chi connectivity index (χ0n) is 11.2. The van der Waals surface area contributed by atoms with Gasteiger partial charge in [0, 0.05) is 5.56 Å². The molecule has 0 aliphatic carbocycles. The maximum atomic E-state index is 14.1. The Labute approximate surface area is 123 Å². The second-order valence-electron chi connectivity index (χ2n) is 4.51. The molecular weight excluding hydrogens is 298 g/mol. The van der Waals surface area contributed by atoms with Crippen molar-refractivity contribution >= 4 is 22.8 Å². The quantitative estimate of drug-likeness (QED) is 0.644. The van der Waals surface area contributed by atoms with E-state index in [9.17, 15) is 8.78 Å². The van der Waals surface area contributed by atoms with Crippen molar-refractivity contribution in [3.63, 3.8) is 0 Å². The average molecular weight is 307 g/mol. The fourth-order valence-electron chi connectivity index (χ4n) is 1.95. The molecule has 3 rings (SSSR count). The SMILES string of the molecule is Cc1nc2ncnc(-c3ccc(Cl)c(F)c3F)c2nc1C. The highest BCUT2D eigenvalue weighted by atomic mass is 35.5. The molecule has 0 saturated heterocycles. The van der Waals surface area contributed by atoms with E-state index in [1.54, 1.807) is 13.8 Å².